The van der Waals surface area contributed by atoms with E-state index in [4.69, 9.17) is 10.5 Å². The van der Waals surface area contributed by atoms with Crippen LogP contribution in [0.5, 0.6) is 0 Å². The van der Waals surface area contributed by atoms with Crippen molar-refractivity contribution in [3.05, 3.63) is 21.9 Å². The Bertz CT molecular complexity index is 467. The lowest BCUT2D eigenvalue weighted by Gasteiger charge is -2.10. The number of amides is 1. The fraction of sp³-hybridized carbons (Fsp3) is 0.462. The molecule has 0 aliphatic carbocycles. The Kier molecular flexibility index (Phi) is 4.76. The van der Waals surface area contributed by atoms with Gasteiger partial charge in [0.05, 0.1) is 12.6 Å². The van der Waals surface area contributed by atoms with Crippen LogP contribution in [0.1, 0.15) is 28.1 Å². The van der Waals surface area contributed by atoms with E-state index < -0.39 is 0 Å². The van der Waals surface area contributed by atoms with E-state index in [9.17, 15) is 4.79 Å². The van der Waals surface area contributed by atoms with Crippen LogP contribution in [0, 0.1) is 11.8 Å². The Morgan fingerprint density at radius 1 is 1.67 bits per heavy atom. The lowest BCUT2D eigenvalue weighted by molar-refractivity contribution is 0.0861. The highest BCUT2D eigenvalue weighted by Gasteiger charge is 2.18. The summed E-state index contributed by atoms with van der Waals surface area (Å²) in [7, 11) is 0. The fourth-order valence-corrected chi connectivity index (χ4v) is 2.59. The Balaban J connectivity index is 1.93. The fourth-order valence-electron chi connectivity index (χ4n) is 1.82. The summed E-state index contributed by atoms with van der Waals surface area (Å²) in [5.74, 6) is 5.59. The molecule has 1 unspecified atom stereocenters. The molecule has 1 amide bonds. The summed E-state index contributed by atoms with van der Waals surface area (Å²) in [6, 6.07) is 1.84. The zero-order chi connectivity index (χ0) is 12.8. The maximum Gasteiger partial charge on any atom is 0.262 e. The van der Waals surface area contributed by atoms with Crippen LogP contribution < -0.4 is 11.1 Å². The second-order valence-corrected chi connectivity index (χ2v) is 4.93. The van der Waals surface area contributed by atoms with E-state index in [0.29, 0.717) is 18.0 Å². The van der Waals surface area contributed by atoms with Crippen LogP contribution >= 0.6 is 11.3 Å². The molecule has 4 nitrogen and oxygen atoms in total. The summed E-state index contributed by atoms with van der Waals surface area (Å²) >= 11 is 1.39. The standard InChI is InChI=1S/C13H16N2O2S/c14-6-1-3-10-5-8-18-12(10)13(16)15-9-11-4-2-7-17-11/h5,8,11H,2,4,6-7,9,14H2,(H,15,16). The van der Waals surface area contributed by atoms with Crippen molar-refractivity contribution in [1.29, 1.82) is 0 Å². The van der Waals surface area contributed by atoms with Crippen LogP contribution in [0.4, 0.5) is 0 Å². The Morgan fingerprint density at radius 2 is 2.56 bits per heavy atom. The van der Waals surface area contributed by atoms with Gasteiger partial charge in [0.2, 0.25) is 0 Å². The summed E-state index contributed by atoms with van der Waals surface area (Å²) in [4.78, 5) is 12.6. The molecule has 18 heavy (non-hydrogen) atoms. The first-order valence-electron chi connectivity index (χ1n) is 5.97. The van der Waals surface area contributed by atoms with E-state index in [1.54, 1.807) is 0 Å². The number of hydrogen-bond donors (Lipinski definition) is 2. The molecule has 1 aromatic heterocycles. The van der Waals surface area contributed by atoms with Crippen molar-refractivity contribution in [2.75, 3.05) is 19.7 Å². The van der Waals surface area contributed by atoms with Crippen LogP contribution in [0.3, 0.4) is 0 Å². The number of hydrogen-bond acceptors (Lipinski definition) is 4. The second kappa shape index (κ2) is 6.55. The highest BCUT2D eigenvalue weighted by Crippen LogP contribution is 2.16. The first-order chi connectivity index (χ1) is 8.81. The van der Waals surface area contributed by atoms with Crippen molar-refractivity contribution in [3.8, 4) is 11.8 Å². The maximum absolute atomic E-state index is 12.0. The molecule has 1 fully saturated rings. The van der Waals surface area contributed by atoms with Crippen molar-refractivity contribution >= 4 is 17.2 Å². The van der Waals surface area contributed by atoms with Crippen LogP contribution in [-0.2, 0) is 4.74 Å². The van der Waals surface area contributed by atoms with E-state index in [-0.39, 0.29) is 12.0 Å². The Hall–Kier alpha value is -1.35. The quantitative estimate of drug-likeness (QED) is 0.800. The van der Waals surface area contributed by atoms with Gasteiger partial charge in [-0.15, -0.1) is 11.3 Å². The van der Waals surface area contributed by atoms with E-state index in [1.165, 1.54) is 11.3 Å². The Labute approximate surface area is 111 Å². The van der Waals surface area contributed by atoms with Gasteiger partial charge in [0.15, 0.2) is 0 Å². The van der Waals surface area contributed by atoms with Crippen molar-refractivity contribution in [2.24, 2.45) is 5.73 Å². The predicted molar refractivity (Wildman–Crippen MR) is 71.6 cm³/mol. The van der Waals surface area contributed by atoms with Crippen LogP contribution in [0.15, 0.2) is 11.4 Å². The average molecular weight is 264 g/mol. The van der Waals surface area contributed by atoms with Gasteiger partial charge in [0.25, 0.3) is 5.91 Å². The monoisotopic (exact) mass is 264 g/mol. The zero-order valence-corrected chi connectivity index (χ0v) is 10.9. The van der Waals surface area contributed by atoms with Crippen molar-refractivity contribution in [1.82, 2.24) is 5.32 Å². The summed E-state index contributed by atoms with van der Waals surface area (Å²) < 4.78 is 5.46. The number of nitrogens with one attached hydrogen (secondary N) is 1. The SMILES string of the molecule is NCC#Cc1ccsc1C(=O)NCC1CCCO1. The minimum absolute atomic E-state index is 0.0816. The van der Waals surface area contributed by atoms with Crippen LogP contribution in [0.25, 0.3) is 0 Å². The first-order valence-corrected chi connectivity index (χ1v) is 6.85. The molecule has 0 spiro atoms. The molecule has 1 aliphatic rings. The third-order valence-electron chi connectivity index (χ3n) is 2.71. The number of carbonyl (C=O) groups excluding carboxylic acids is 1. The molecule has 0 saturated carbocycles. The van der Waals surface area contributed by atoms with Gasteiger partial charge in [-0.25, -0.2) is 0 Å². The van der Waals surface area contributed by atoms with E-state index in [2.05, 4.69) is 17.2 Å². The first kappa shape index (κ1) is 13.1. The number of thiophene rings is 1. The van der Waals surface area contributed by atoms with Gasteiger partial charge >= 0.3 is 0 Å². The molecule has 1 aliphatic heterocycles. The largest absolute Gasteiger partial charge is 0.376 e. The molecular weight excluding hydrogens is 248 g/mol. The van der Waals surface area contributed by atoms with Gasteiger partial charge < -0.3 is 15.8 Å². The van der Waals surface area contributed by atoms with Crippen molar-refractivity contribution < 1.29 is 9.53 Å². The highest BCUT2D eigenvalue weighted by molar-refractivity contribution is 7.12. The van der Waals surface area contributed by atoms with E-state index in [0.717, 1.165) is 25.0 Å². The molecule has 1 atom stereocenters. The van der Waals surface area contributed by atoms with Gasteiger partial charge in [-0.2, -0.15) is 0 Å². The van der Waals surface area contributed by atoms with Crippen molar-refractivity contribution in [3.63, 3.8) is 0 Å². The Morgan fingerprint density at radius 3 is 3.28 bits per heavy atom. The van der Waals surface area contributed by atoms with Gasteiger partial charge in [0.1, 0.15) is 4.88 Å². The molecule has 3 N–H and O–H groups in total. The minimum Gasteiger partial charge on any atom is -0.376 e. The summed E-state index contributed by atoms with van der Waals surface area (Å²) in [6.07, 6.45) is 2.25. The summed E-state index contributed by atoms with van der Waals surface area (Å²) in [5, 5.41) is 4.75. The number of ether oxygens (including phenoxy) is 1. The molecule has 2 rings (SSSR count). The topological polar surface area (TPSA) is 64.4 Å². The normalized spacial score (nSPS) is 18.2. The molecule has 1 saturated heterocycles. The molecule has 2 heterocycles. The van der Waals surface area contributed by atoms with Crippen molar-refractivity contribution in [2.45, 2.75) is 18.9 Å². The number of carbonyl (C=O) groups is 1. The van der Waals surface area contributed by atoms with Gasteiger partial charge in [-0.3, -0.25) is 4.79 Å². The number of nitrogens with two attached hydrogens (primary N) is 1. The van der Waals surface area contributed by atoms with E-state index >= 15 is 0 Å². The molecule has 5 heteroatoms. The lowest BCUT2D eigenvalue weighted by atomic mass is 10.2. The smallest absolute Gasteiger partial charge is 0.262 e. The van der Waals surface area contributed by atoms with Gasteiger partial charge in [-0.05, 0) is 24.3 Å². The van der Waals surface area contributed by atoms with Gasteiger partial charge in [-0.1, -0.05) is 11.8 Å². The number of rotatable bonds is 3. The zero-order valence-electron chi connectivity index (χ0n) is 10.1. The molecule has 0 bridgehead atoms. The summed E-state index contributed by atoms with van der Waals surface area (Å²) in [6.45, 7) is 1.67. The molecule has 1 aromatic rings. The van der Waals surface area contributed by atoms with E-state index in [1.807, 2.05) is 11.4 Å². The maximum atomic E-state index is 12.0. The predicted octanol–water partition coefficient (Wildman–Crippen LogP) is 0.967. The van der Waals surface area contributed by atoms with Gasteiger partial charge in [0, 0.05) is 18.7 Å². The minimum atomic E-state index is -0.0816. The molecule has 96 valence electrons. The molecule has 0 radical (unpaired) electrons. The average Bonchev–Trinajstić information content (AvgIpc) is 3.04. The van der Waals surface area contributed by atoms with Crippen LogP contribution in [0.2, 0.25) is 0 Å². The highest BCUT2D eigenvalue weighted by atomic mass is 32.1. The summed E-state index contributed by atoms with van der Waals surface area (Å²) in [5.41, 5.74) is 6.07. The third kappa shape index (κ3) is 3.33. The van der Waals surface area contributed by atoms with Crippen LogP contribution in [-0.4, -0.2) is 31.7 Å². The second-order valence-electron chi connectivity index (χ2n) is 4.01. The lowest BCUT2D eigenvalue weighted by Crippen LogP contribution is -2.31. The molecule has 0 aromatic carbocycles. The molecular formula is C13H16N2O2S. The third-order valence-corrected chi connectivity index (χ3v) is 3.62.